The number of aromatic nitrogens is 1. The van der Waals surface area contributed by atoms with Gasteiger partial charge in [-0.1, -0.05) is 29.0 Å². The lowest BCUT2D eigenvalue weighted by Gasteiger charge is -2.29. The first-order valence-corrected chi connectivity index (χ1v) is 15.0. The van der Waals surface area contributed by atoms with Crippen molar-refractivity contribution in [1.82, 2.24) is 9.88 Å². The zero-order chi connectivity index (χ0) is 24.1. The molecule has 34 heavy (non-hydrogen) atoms. The number of nitrogens with zero attached hydrogens (tertiary/aromatic N) is 3. The molecule has 7 nitrogen and oxygen atoms in total. The van der Waals surface area contributed by atoms with Crippen molar-refractivity contribution in [3.05, 3.63) is 47.5 Å². The molecular weight excluding hydrogens is 514 g/mol. The Morgan fingerprint density at radius 2 is 1.94 bits per heavy atom. The molecule has 11 heteroatoms. The van der Waals surface area contributed by atoms with E-state index in [1.807, 2.05) is 30.3 Å². The molecule has 1 aliphatic rings. The fourth-order valence-corrected chi connectivity index (χ4v) is 6.54. The van der Waals surface area contributed by atoms with Gasteiger partial charge in [0.2, 0.25) is 5.91 Å². The molecule has 1 aliphatic heterocycles. The molecule has 0 spiro atoms. The standard InChI is InChI=1S/C23H26ClN3O4S3/c1-34(29,30)20-4-2-3-19-22(20)25-23(33-19)27(11-10-26-12-14-31-15-13-26)21(28)9-16-32-18-7-5-17(24)6-8-18/h2-8H,9-16H2,1H3. The van der Waals surface area contributed by atoms with Gasteiger partial charge in [0.1, 0.15) is 5.52 Å². The van der Waals surface area contributed by atoms with Crippen LogP contribution in [0.5, 0.6) is 0 Å². The van der Waals surface area contributed by atoms with Crippen LogP contribution in [0.1, 0.15) is 6.42 Å². The molecule has 2 heterocycles. The highest BCUT2D eigenvalue weighted by Gasteiger charge is 2.23. The molecule has 2 aromatic carbocycles. The molecule has 3 aromatic rings. The number of anilines is 1. The maximum Gasteiger partial charge on any atom is 0.229 e. The third kappa shape index (κ3) is 6.50. The zero-order valence-electron chi connectivity index (χ0n) is 18.8. The third-order valence-electron chi connectivity index (χ3n) is 5.44. The van der Waals surface area contributed by atoms with E-state index in [4.69, 9.17) is 16.3 Å². The van der Waals surface area contributed by atoms with E-state index >= 15 is 0 Å². The van der Waals surface area contributed by atoms with Crippen molar-refractivity contribution in [2.75, 3.05) is 56.3 Å². The van der Waals surface area contributed by atoms with E-state index in [9.17, 15) is 13.2 Å². The van der Waals surface area contributed by atoms with Gasteiger partial charge < -0.3 is 4.74 Å². The van der Waals surface area contributed by atoms with Crippen LogP contribution in [0.4, 0.5) is 5.13 Å². The number of amides is 1. The smallest absolute Gasteiger partial charge is 0.229 e. The Morgan fingerprint density at radius 1 is 1.21 bits per heavy atom. The predicted molar refractivity (Wildman–Crippen MR) is 139 cm³/mol. The van der Waals surface area contributed by atoms with Gasteiger partial charge in [-0.15, -0.1) is 11.8 Å². The fraction of sp³-hybridized carbons (Fsp3) is 0.391. The number of morpholine rings is 1. The summed E-state index contributed by atoms with van der Waals surface area (Å²) in [7, 11) is -3.43. The van der Waals surface area contributed by atoms with Crippen molar-refractivity contribution in [1.29, 1.82) is 0 Å². The SMILES string of the molecule is CS(=O)(=O)c1cccc2sc(N(CCN3CCOCC3)C(=O)CCSc3ccc(Cl)cc3)nc12. The van der Waals surface area contributed by atoms with Crippen LogP contribution < -0.4 is 4.90 Å². The Morgan fingerprint density at radius 3 is 2.65 bits per heavy atom. The Hall–Kier alpha value is -1.69. The number of rotatable bonds is 9. The quantitative estimate of drug-likeness (QED) is 0.377. The zero-order valence-corrected chi connectivity index (χ0v) is 22.0. The number of sulfone groups is 1. The van der Waals surface area contributed by atoms with E-state index in [0.29, 0.717) is 54.1 Å². The number of hydrogen-bond acceptors (Lipinski definition) is 8. The van der Waals surface area contributed by atoms with Gasteiger partial charge in [0.15, 0.2) is 15.0 Å². The summed E-state index contributed by atoms with van der Waals surface area (Å²) in [6.07, 6.45) is 1.52. The highest BCUT2D eigenvalue weighted by atomic mass is 35.5. The van der Waals surface area contributed by atoms with Crippen LogP contribution in [-0.4, -0.2) is 75.6 Å². The van der Waals surface area contributed by atoms with Crippen LogP contribution in [0.25, 0.3) is 10.2 Å². The van der Waals surface area contributed by atoms with Gasteiger partial charge in [-0.05, 0) is 36.4 Å². The first-order chi connectivity index (χ1) is 16.3. The van der Waals surface area contributed by atoms with Crippen molar-refractivity contribution in [2.24, 2.45) is 0 Å². The Bertz CT molecular complexity index is 1240. The fourth-order valence-electron chi connectivity index (χ4n) is 3.64. The lowest BCUT2D eigenvalue weighted by Crippen LogP contribution is -2.43. The largest absolute Gasteiger partial charge is 0.379 e. The first kappa shape index (κ1) is 25.4. The number of fused-ring (bicyclic) bond motifs is 1. The summed E-state index contributed by atoms with van der Waals surface area (Å²) in [5.74, 6) is 0.586. The molecule has 4 rings (SSSR count). The minimum atomic E-state index is -3.43. The summed E-state index contributed by atoms with van der Waals surface area (Å²) in [5.41, 5.74) is 0.421. The molecule has 0 saturated carbocycles. The van der Waals surface area contributed by atoms with Crippen LogP contribution in [0.15, 0.2) is 52.3 Å². The molecule has 1 saturated heterocycles. The van der Waals surface area contributed by atoms with Crippen molar-refractivity contribution in [3.63, 3.8) is 0 Å². The molecule has 1 fully saturated rings. The van der Waals surface area contributed by atoms with Crippen LogP contribution in [-0.2, 0) is 19.4 Å². The maximum absolute atomic E-state index is 13.3. The van der Waals surface area contributed by atoms with E-state index in [1.165, 1.54) is 17.6 Å². The van der Waals surface area contributed by atoms with Crippen LogP contribution in [0.3, 0.4) is 0 Å². The summed E-state index contributed by atoms with van der Waals surface area (Å²) in [6.45, 7) is 4.21. The van der Waals surface area contributed by atoms with Gasteiger partial charge in [0.05, 0.1) is 22.8 Å². The van der Waals surface area contributed by atoms with Gasteiger partial charge in [0, 0.05) is 54.5 Å². The number of carbonyl (C=O) groups is 1. The van der Waals surface area contributed by atoms with Crippen LogP contribution >= 0.6 is 34.7 Å². The van der Waals surface area contributed by atoms with E-state index < -0.39 is 9.84 Å². The van der Waals surface area contributed by atoms with Gasteiger partial charge in [0.25, 0.3) is 0 Å². The maximum atomic E-state index is 13.3. The minimum absolute atomic E-state index is 0.0327. The van der Waals surface area contributed by atoms with Crippen LogP contribution in [0, 0.1) is 0 Å². The summed E-state index contributed by atoms with van der Waals surface area (Å²) in [5, 5.41) is 1.21. The highest BCUT2D eigenvalue weighted by molar-refractivity contribution is 7.99. The summed E-state index contributed by atoms with van der Waals surface area (Å²) >= 11 is 8.90. The topological polar surface area (TPSA) is 79.8 Å². The number of halogens is 1. The van der Waals surface area contributed by atoms with E-state index in [-0.39, 0.29) is 10.8 Å². The number of ether oxygens (including phenoxy) is 1. The van der Waals surface area contributed by atoms with E-state index in [0.717, 1.165) is 22.7 Å². The summed E-state index contributed by atoms with van der Waals surface area (Å²) < 4.78 is 30.7. The van der Waals surface area contributed by atoms with E-state index in [2.05, 4.69) is 9.88 Å². The summed E-state index contributed by atoms with van der Waals surface area (Å²) in [4.78, 5) is 23.1. The van der Waals surface area contributed by atoms with Crippen molar-refractivity contribution in [2.45, 2.75) is 16.2 Å². The number of thioether (sulfide) groups is 1. The number of hydrogen-bond donors (Lipinski definition) is 0. The summed E-state index contributed by atoms with van der Waals surface area (Å²) in [6, 6.07) is 12.7. The average Bonchev–Trinajstić information content (AvgIpc) is 3.24. The lowest BCUT2D eigenvalue weighted by molar-refractivity contribution is -0.118. The number of para-hydroxylation sites is 1. The predicted octanol–water partition coefficient (Wildman–Crippen LogP) is 4.20. The van der Waals surface area contributed by atoms with Gasteiger partial charge in [-0.3, -0.25) is 14.6 Å². The second-order valence-electron chi connectivity index (χ2n) is 7.92. The molecule has 0 aliphatic carbocycles. The highest BCUT2D eigenvalue weighted by Crippen LogP contribution is 2.33. The van der Waals surface area contributed by atoms with Gasteiger partial charge >= 0.3 is 0 Å². The molecule has 0 unspecified atom stereocenters. The molecule has 0 N–H and O–H groups in total. The Kier molecular flexibility index (Phi) is 8.49. The molecule has 1 amide bonds. The Labute approximate surface area is 213 Å². The van der Waals surface area contributed by atoms with Crippen molar-refractivity contribution >= 4 is 65.8 Å². The van der Waals surface area contributed by atoms with Crippen molar-refractivity contribution < 1.29 is 17.9 Å². The number of carbonyl (C=O) groups excluding carboxylic acids is 1. The molecule has 1 aromatic heterocycles. The molecule has 182 valence electrons. The second kappa shape index (κ2) is 11.4. The van der Waals surface area contributed by atoms with Gasteiger partial charge in [-0.25, -0.2) is 13.4 Å². The monoisotopic (exact) mass is 539 g/mol. The van der Waals surface area contributed by atoms with Gasteiger partial charge in [-0.2, -0.15) is 0 Å². The second-order valence-corrected chi connectivity index (χ2v) is 12.5. The van der Waals surface area contributed by atoms with Crippen LogP contribution in [0.2, 0.25) is 5.02 Å². The number of thiazole rings is 1. The third-order valence-corrected chi connectivity index (χ3v) is 8.88. The molecule has 0 bridgehead atoms. The Balaban J connectivity index is 1.53. The minimum Gasteiger partial charge on any atom is -0.379 e. The normalized spacial score (nSPS) is 15.0. The molecule has 0 atom stereocenters. The number of benzene rings is 2. The van der Waals surface area contributed by atoms with E-state index in [1.54, 1.807) is 28.8 Å². The lowest BCUT2D eigenvalue weighted by atomic mass is 10.3. The molecular formula is C23H26ClN3O4S3. The average molecular weight is 540 g/mol. The molecule has 0 radical (unpaired) electrons. The first-order valence-electron chi connectivity index (χ1n) is 10.9. The van der Waals surface area contributed by atoms with Crippen molar-refractivity contribution in [3.8, 4) is 0 Å².